The van der Waals surface area contributed by atoms with Gasteiger partial charge in [0.05, 0.1) is 30.1 Å². The third-order valence-electron chi connectivity index (χ3n) is 2.26. The minimum atomic E-state index is -3.10. The molecule has 0 aliphatic rings. The molecule has 0 radical (unpaired) electrons. The van der Waals surface area contributed by atoms with Gasteiger partial charge in [0, 0.05) is 0 Å². The molecule has 0 saturated carbocycles. The maximum Gasteiger partial charge on any atom is 0.311 e. The van der Waals surface area contributed by atoms with Crippen LogP contribution < -0.4 is 0 Å². The largest absolute Gasteiger partial charge is 0.463 e. The molecule has 0 aromatic heterocycles. The summed E-state index contributed by atoms with van der Waals surface area (Å²) in [6.07, 6.45) is 0. The van der Waals surface area contributed by atoms with Gasteiger partial charge in [0.15, 0.2) is 9.84 Å². The number of esters is 1. The number of sulfone groups is 1. The standard InChI is InChI=1S/C14H28O5S/c1-13(2,3)11-20(16,17)10-9-18-7-8-19-12(15)14(4,5)6/h7-11H2,1-6H3. The lowest BCUT2D eigenvalue weighted by Gasteiger charge is -2.18. The average molecular weight is 308 g/mol. The van der Waals surface area contributed by atoms with Crippen molar-refractivity contribution in [3.05, 3.63) is 0 Å². The van der Waals surface area contributed by atoms with Gasteiger partial charge in [-0.05, 0) is 26.2 Å². The molecular formula is C14H28O5S. The van der Waals surface area contributed by atoms with E-state index in [0.717, 1.165) is 0 Å². The van der Waals surface area contributed by atoms with Crippen molar-refractivity contribution in [2.24, 2.45) is 10.8 Å². The molecule has 0 atom stereocenters. The molecule has 0 rings (SSSR count). The van der Waals surface area contributed by atoms with Crippen LogP contribution >= 0.6 is 0 Å². The zero-order chi connectivity index (χ0) is 16.0. The number of hydrogen-bond donors (Lipinski definition) is 0. The Morgan fingerprint density at radius 2 is 1.50 bits per heavy atom. The number of ether oxygens (including phenoxy) is 2. The van der Waals surface area contributed by atoms with Gasteiger partial charge in [0.2, 0.25) is 0 Å². The molecule has 0 aromatic rings. The second-order valence-electron chi connectivity index (χ2n) is 7.15. The van der Waals surface area contributed by atoms with Gasteiger partial charge in [0.25, 0.3) is 0 Å². The van der Waals surface area contributed by atoms with Gasteiger partial charge in [-0.3, -0.25) is 4.79 Å². The van der Waals surface area contributed by atoms with E-state index in [2.05, 4.69) is 0 Å². The Bertz CT molecular complexity index is 398. The van der Waals surface area contributed by atoms with E-state index in [1.165, 1.54) is 0 Å². The summed E-state index contributed by atoms with van der Waals surface area (Å²) >= 11 is 0. The third-order valence-corrected chi connectivity index (χ3v) is 4.36. The maximum atomic E-state index is 11.8. The quantitative estimate of drug-likeness (QED) is 0.532. The molecule has 6 heteroatoms. The smallest absolute Gasteiger partial charge is 0.311 e. The predicted molar refractivity (Wildman–Crippen MR) is 79.3 cm³/mol. The predicted octanol–water partition coefficient (Wildman–Crippen LogP) is 2.05. The van der Waals surface area contributed by atoms with Crippen LogP contribution in [0.3, 0.4) is 0 Å². The molecule has 120 valence electrons. The molecule has 0 saturated heterocycles. The fourth-order valence-electron chi connectivity index (χ4n) is 1.43. The van der Waals surface area contributed by atoms with Crippen LogP contribution in [0, 0.1) is 10.8 Å². The van der Waals surface area contributed by atoms with E-state index in [9.17, 15) is 13.2 Å². The lowest BCUT2D eigenvalue weighted by atomic mass is 9.97. The Morgan fingerprint density at radius 3 is 1.95 bits per heavy atom. The zero-order valence-corrected chi connectivity index (χ0v) is 14.3. The zero-order valence-electron chi connectivity index (χ0n) is 13.5. The first-order valence-electron chi connectivity index (χ1n) is 6.79. The van der Waals surface area contributed by atoms with Gasteiger partial charge >= 0.3 is 5.97 Å². The van der Waals surface area contributed by atoms with Gasteiger partial charge in [-0.2, -0.15) is 0 Å². The molecule has 0 amide bonds. The highest BCUT2D eigenvalue weighted by Gasteiger charge is 2.23. The molecule has 0 unspecified atom stereocenters. The van der Waals surface area contributed by atoms with E-state index in [1.807, 2.05) is 20.8 Å². The summed E-state index contributed by atoms with van der Waals surface area (Å²) in [7, 11) is -3.10. The third kappa shape index (κ3) is 10.2. The summed E-state index contributed by atoms with van der Waals surface area (Å²) in [5.74, 6) is -0.152. The van der Waals surface area contributed by atoms with Crippen molar-refractivity contribution in [2.75, 3.05) is 31.3 Å². The minimum Gasteiger partial charge on any atom is -0.463 e. The topological polar surface area (TPSA) is 69.7 Å². The fraction of sp³-hybridized carbons (Fsp3) is 0.929. The molecular weight excluding hydrogens is 280 g/mol. The SMILES string of the molecule is CC(C)(C)CS(=O)(=O)CCOCCOC(=O)C(C)(C)C. The van der Waals surface area contributed by atoms with Crippen LogP contribution in [0.1, 0.15) is 41.5 Å². The van der Waals surface area contributed by atoms with E-state index in [4.69, 9.17) is 9.47 Å². The summed E-state index contributed by atoms with van der Waals surface area (Å²) in [5.41, 5.74) is -0.781. The summed E-state index contributed by atoms with van der Waals surface area (Å²) in [6, 6.07) is 0. The first kappa shape index (κ1) is 19.4. The highest BCUT2D eigenvalue weighted by atomic mass is 32.2. The molecule has 0 heterocycles. The fourth-order valence-corrected chi connectivity index (χ4v) is 3.27. The van der Waals surface area contributed by atoms with E-state index < -0.39 is 15.3 Å². The van der Waals surface area contributed by atoms with E-state index in [-0.39, 0.29) is 42.7 Å². The van der Waals surface area contributed by atoms with Crippen LogP contribution in [0.5, 0.6) is 0 Å². The minimum absolute atomic E-state index is 0.00249. The Hall–Kier alpha value is -0.620. The summed E-state index contributed by atoms with van der Waals surface area (Å²) in [6.45, 7) is 11.5. The van der Waals surface area contributed by atoms with E-state index in [0.29, 0.717) is 0 Å². The number of carbonyl (C=O) groups excluding carboxylic acids is 1. The highest BCUT2D eigenvalue weighted by Crippen LogP contribution is 2.16. The summed E-state index contributed by atoms with van der Waals surface area (Å²) in [4.78, 5) is 11.4. The second kappa shape index (κ2) is 7.41. The molecule has 5 nitrogen and oxygen atoms in total. The van der Waals surface area contributed by atoms with Crippen LogP contribution in [-0.2, 0) is 24.1 Å². The van der Waals surface area contributed by atoms with E-state index >= 15 is 0 Å². The van der Waals surface area contributed by atoms with Crippen molar-refractivity contribution >= 4 is 15.8 Å². The number of carbonyl (C=O) groups is 1. The Morgan fingerprint density at radius 1 is 0.950 bits per heavy atom. The first-order chi connectivity index (χ1) is 8.83. The van der Waals surface area contributed by atoms with Gasteiger partial charge in [-0.1, -0.05) is 20.8 Å². The Labute approximate surface area is 122 Å². The lowest BCUT2D eigenvalue weighted by Crippen LogP contribution is -2.26. The van der Waals surface area contributed by atoms with Crippen LogP contribution in [-0.4, -0.2) is 45.7 Å². The summed E-state index contributed by atoms with van der Waals surface area (Å²) in [5, 5.41) is 0. The van der Waals surface area contributed by atoms with Crippen molar-refractivity contribution in [2.45, 2.75) is 41.5 Å². The number of rotatable bonds is 7. The molecule has 0 bridgehead atoms. The summed E-state index contributed by atoms with van der Waals surface area (Å²) < 4.78 is 33.7. The van der Waals surface area contributed by atoms with Crippen molar-refractivity contribution < 1.29 is 22.7 Å². The van der Waals surface area contributed by atoms with Gasteiger partial charge in [0.1, 0.15) is 6.61 Å². The molecule has 0 fully saturated rings. The van der Waals surface area contributed by atoms with Crippen LogP contribution in [0.25, 0.3) is 0 Å². The van der Waals surface area contributed by atoms with Crippen LogP contribution in [0.2, 0.25) is 0 Å². The van der Waals surface area contributed by atoms with Gasteiger partial charge in [-0.25, -0.2) is 8.42 Å². The molecule has 0 aliphatic carbocycles. The molecule has 0 aliphatic heterocycles. The lowest BCUT2D eigenvalue weighted by molar-refractivity contribution is -0.154. The normalized spacial score (nSPS) is 13.3. The Kier molecular flexibility index (Phi) is 7.18. The van der Waals surface area contributed by atoms with Gasteiger partial charge in [-0.15, -0.1) is 0 Å². The number of hydrogen-bond acceptors (Lipinski definition) is 5. The highest BCUT2D eigenvalue weighted by molar-refractivity contribution is 7.91. The van der Waals surface area contributed by atoms with Crippen LogP contribution in [0.4, 0.5) is 0 Å². The monoisotopic (exact) mass is 308 g/mol. The maximum absolute atomic E-state index is 11.8. The van der Waals surface area contributed by atoms with Crippen molar-refractivity contribution in [1.29, 1.82) is 0 Å². The Balaban J connectivity index is 3.81. The van der Waals surface area contributed by atoms with Gasteiger partial charge < -0.3 is 9.47 Å². The van der Waals surface area contributed by atoms with Crippen molar-refractivity contribution in [1.82, 2.24) is 0 Å². The molecule has 20 heavy (non-hydrogen) atoms. The van der Waals surface area contributed by atoms with Crippen molar-refractivity contribution in [3.8, 4) is 0 Å². The molecule has 0 aromatic carbocycles. The molecule has 0 spiro atoms. The first-order valence-corrected chi connectivity index (χ1v) is 8.61. The average Bonchev–Trinajstić information content (AvgIpc) is 2.17. The van der Waals surface area contributed by atoms with E-state index in [1.54, 1.807) is 20.8 Å². The van der Waals surface area contributed by atoms with Crippen LogP contribution in [0.15, 0.2) is 0 Å². The molecule has 0 N–H and O–H groups in total. The second-order valence-corrected chi connectivity index (χ2v) is 9.34. The van der Waals surface area contributed by atoms with Crippen molar-refractivity contribution in [3.63, 3.8) is 0 Å².